The molecule has 0 radical (unpaired) electrons. The van der Waals surface area contributed by atoms with Crippen LogP contribution in [-0.2, 0) is 0 Å². The summed E-state index contributed by atoms with van der Waals surface area (Å²) < 4.78 is 0. The summed E-state index contributed by atoms with van der Waals surface area (Å²) in [6, 6.07) is 0. The van der Waals surface area contributed by atoms with Crippen LogP contribution in [0, 0.1) is 19.3 Å². The number of hydrogen-bond acceptors (Lipinski definition) is 4. The number of anilines is 1. The second-order valence-electron chi connectivity index (χ2n) is 1.86. The Hall–Kier alpha value is -1.60. The first kappa shape index (κ1) is 9.40. The lowest BCUT2D eigenvalue weighted by molar-refractivity contribution is 1.05. The lowest BCUT2D eigenvalue weighted by Crippen LogP contribution is -1.97. The molecule has 5 N–H and O–H groups in total. The zero-order chi connectivity index (χ0) is 7.56. The smallest absolute Gasteiger partial charge is 0.142 e. The minimum absolute atomic E-state index is 0. The Bertz CT molecular complexity index is 287. The second-order valence-corrected chi connectivity index (χ2v) is 1.86. The minimum atomic E-state index is 0. The summed E-state index contributed by atoms with van der Waals surface area (Å²) in [6.07, 6.45) is 6.63. The summed E-state index contributed by atoms with van der Waals surface area (Å²) in [6.45, 7) is 1.76. The van der Waals surface area contributed by atoms with Gasteiger partial charge >= 0.3 is 0 Å². The van der Waals surface area contributed by atoms with E-state index >= 15 is 0 Å². The first-order valence-electron chi connectivity index (χ1n) is 2.80. The zero-order valence-corrected chi connectivity index (χ0v) is 6.33. The van der Waals surface area contributed by atoms with Gasteiger partial charge in [-0.25, -0.2) is 9.97 Å². The number of nitrogens with zero attached hydrogens (tertiary/aromatic N) is 2. The van der Waals surface area contributed by atoms with Crippen molar-refractivity contribution in [3.63, 3.8) is 0 Å². The SMILES string of the molecule is C#Cc1cnc(C)nc1N.N. The van der Waals surface area contributed by atoms with Crippen molar-refractivity contribution in [2.24, 2.45) is 0 Å². The number of aromatic nitrogens is 2. The molecule has 4 nitrogen and oxygen atoms in total. The van der Waals surface area contributed by atoms with E-state index in [0.29, 0.717) is 17.2 Å². The van der Waals surface area contributed by atoms with E-state index in [2.05, 4.69) is 15.9 Å². The quantitative estimate of drug-likeness (QED) is 0.527. The summed E-state index contributed by atoms with van der Waals surface area (Å²) in [7, 11) is 0. The van der Waals surface area contributed by atoms with Crippen LogP contribution in [0.1, 0.15) is 11.4 Å². The molecular formula is C7H10N4. The summed E-state index contributed by atoms with van der Waals surface area (Å²) in [5.74, 6) is 3.38. The van der Waals surface area contributed by atoms with Crippen LogP contribution in [0.2, 0.25) is 0 Å². The fraction of sp³-hybridized carbons (Fsp3) is 0.143. The van der Waals surface area contributed by atoms with Crippen LogP contribution in [0.4, 0.5) is 5.82 Å². The number of nitrogen functional groups attached to an aromatic ring is 1. The van der Waals surface area contributed by atoms with E-state index in [4.69, 9.17) is 12.2 Å². The number of aryl methyl sites for hydroxylation is 1. The third kappa shape index (κ3) is 1.92. The van der Waals surface area contributed by atoms with Crippen molar-refractivity contribution in [3.8, 4) is 12.3 Å². The molecule has 0 aliphatic rings. The predicted molar refractivity (Wildman–Crippen MR) is 44.1 cm³/mol. The van der Waals surface area contributed by atoms with Gasteiger partial charge in [0.05, 0.1) is 5.56 Å². The van der Waals surface area contributed by atoms with Crippen molar-refractivity contribution in [3.05, 3.63) is 17.6 Å². The minimum Gasteiger partial charge on any atom is -0.383 e. The lowest BCUT2D eigenvalue weighted by atomic mass is 10.3. The van der Waals surface area contributed by atoms with Crippen molar-refractivity contribution in [2.75, 3.05) is 5.73 Å². The topological polar surface area (TPSA) is 86.8 Å². The zero-order valence-electron chi connectivity index (χ0n) is 6.33. The first-order chi connectivity index (χ1) is 4.74. The molecule has 0 unspecified atom stereocenters. The molecule has 1 aromatic rings. The molecule has 11 heavy (non-hydrogen) atoms. The standard InChI is InChI=1S/C7H7N3.H3N/c1-3-6-4-9-5(2)10-7(6)8;/h1,4H,2H3,(H2,8,9,10);1H3. The normalized spacial score (nSPS) is 8.00. The van der Waals surface area contributed by atoms with Crippen molar-refractivity contribution in [1.82, 2.24) is 16.1 Å². The van der Waals surface area contributed by atoms with E-state index in [1.165, 1.54) is 6.20 Å². The van der Waals surface area contributed by atoms with E-state index in [9.17, 15) is 0 Å². The largest absolute Gasteiger partial charge is 0.383 e. The highest BCUT2D eigenvalue weighted by atomic mass is 14.9. The maximum atomic E-state index is 5.44. The summed E-state index contributed by atoms with van der Waals surface area (Å²) in [5, 5.41) is 0. The van der Waals surface area contributed by atoms with Gasteiger partial charge in [0.25, 0.3) is 0 Å². The second kappa shape index (κ2) is 3.54. The van der Waals surface area contributed by atoms with Crippen LogP contribution >= 0.6 is 0 Å². The number of terminal acetylenes is 1. The van der Waals surface area contributed by atoms with Gasteiger partial charge in [0.2, 0.25) is 0 Å². The van der Waals surface area contributed by atoms with Crippen LogP contribution in [0.5, 0.6) is 0 Å². The Morgan fingerprint density at radius 1 is 1.64 bits per heavy atom. The van der Waals surface area contributed by atoms with E-state index < -0.39 is 0 Å². The highest BCUT2D eigenvalue weighted by Gasteiger charge is 1.95. The van der Waals surface area contributed by atoms with Gasteiger partial charge in [-0.1, -0.05) is 5.92 Å². The fourth-order valence-corrected chi connectivity index (χ4v) is 0.599. The Morgan fingerprint density at radius 3 is 2.73 bits per heavy atom. The van der Waals surface area contributed by atoms with E-state index in [-0.39, 0.29) is 6.15 Å². The van der Waals surface area contributed by atoms with Crippen molar-refractivity contribution < 1.29 is 0 Å². The highest BCUT2D eigenvalue weighted by Crippen LogP contribution is 2.03. The molecule has 0 aliphatic heterocycles. The van der Waals surface area contributed by atoms with Crippen LogP contribution < -0.4 is 11.9 Å². The molecular weight excluding hydrogens is 140 g/mol. The molecule has 0 atom stereocenters. The average molecular weight is 150 g/mol. The van der Waals surface area contributed by atoms with Gasteiger partial charge < -0.3 is 11.9 Å². The van der Waals surface area contributed by atoms with Gasteiger partial charge in [-0.3, -0.25) is 0 Å². The Balaban J connectivity index is 0.000001000. The van der Waals surface area contributed by atoms with Crippen molar-refractivity contribution >= 4 is 5.82 Å². The van der Waals surface area contributed by atoms with Crippen LogP contribution in [0.15, 0.2) is 6.20 Å². The Labute approximate surface area is 65.4 Å². The van der Waals surface area contributed by atoms with Gasteiger partial charge in [0.15, 0.2) is 0 Å². The molecule has 0 spiro atoms. The third-order valence-electron chi connectivity index (χ3n) is 1.09. The molecule has 0 saturated carbocycles. The van der Waals surface area contributed by atoms with Gasteiger partial charge in [-0.2, -0.15) is 0 Å². The van der Waals surface area contributed by atoms with Gasteiger partial charge in [0.1, 0.15) is 11.6 Å². The fourth-order valence-electron chi connectivity index (χ4n) is 0.599. The molecule has 0 saturated heterocycles. The van der Waals surface area contributed by atoms with Gasteiger partial charge in [-0.05, 0) is 6.92 Å². The molecule has 0 bridgehead atoms. The molecule has 0 aliphatic carbocycles. The van der Waals surface area contributed by atoms with Gasteiger partial charge in [-0.15, -0.1) is 6.42 Å². The highest BCUT2D eigenvalue weighted by molar-refractivity contribution is 5.47. The molecule has 0 amide bonds. The maximum Gasteiger partial charge on any atom is 0.142 e. The van der Waals surface area contributed by atoms with Gasteiger partial charge in [0, 0.05) is 6.20 Å². The van der Waals surface area contributed by atoms with E-state index in [1.807, 2.05) is 0 Å². The van der Waals surface area contributed by atoms with Crippen LogP contribution in [0.3, 0.4) is 0 Å². The molecule has 1 aromatic heterocycles. The van der Waals surface area contributed by atoms with Crippen molar-refractivity contribution in [2.45, 2.75) is 6.92 Å². The average Bonchev–Trinajstić information content (AvgIpc) is 1.88. The summed E-state index contributed by atoms with van der Waals surface area (Å²) in [4.78, 5) is 7.75. The maximum absolute atomic E-state index is 5.44. The third-order valence-corrected chi connectivity index (χ3v) is 1.09. The molecule has 1 heterocycles. The number of rotatable bonds is 0. The number of hydrogen-bond donors (Lipinski definition) is 2. The van der Waals surface area contributed by atoms with Crippen LogP contribution in [0.25, 0.3) is 0 Å². The van der Waals surface area contributed by atoms with Crippen molar-refractivity contribution in [1.29, 1.82) is 0 Å². The predicted octanol–water partition coefficient (Wildman–Crippen LogP) is 0.511. The first-order valence-corrected chi connectivity index (χ1v) is 2.80. The summed E-state index contributed by atoms with van der Waals surface area (Å²) >= 11 is 0. The lowest BCUT2D eigenvalue weighted by Gasteiger charge is -1.95. The monoisotopic (exact) mass is 150 g/mol. The Kier molecular flexibility index (Phi) is 3.02. The molecule has 58 valence electrons. The number of nitrogens with two attached hydrogens (primary N) is 1. The molecule has 1 rings (SSSR count). The molecule has 0 fully saturated rings. The Morgan fingerprint density at radius 2 is 2.27 bits per heavy atom. The molecule has 0 aromatic carbocycles. The van der Waals surface area contributed by atoms with E-state index in [1.54, 1.807) is 6.92 Å². The van der Waals surface area contributed by atoms with Crippen LogP contribution in [-0.4, -0.2) is 9.97 Å². The summed E-state index contributed by atoms with van der Waals surface area (Å²) in [5.41, 5.74) is 5.99. The molecule has 4 heteroatoms. The van der Waals surface area contributed by atoms with E-state index in [0.717, 1.165) is 0 Å².